The summed E-state index contributed by atoms with van der Waals surface area (Å²) in [5, 5.41) is 0.893. The number of anilines is 1. The molecule has 0 radical (unpaired) electrons. The molecule has 182 valence electrons. The summed E-state index contributed by atoms with van der Waals surface area (Å²) in [6.45, 7) is 8.00. The van der Waals surface area contributed by atoms with Gasteiger partial charge in [-0.2, -0.15) is 0 Å². The highest BCUT2D eigenvalue weighted by Gasteiger charge is 2.21. The number of fused-ring (bicyclic) bond motifs is 3. The molecule has 5 heterocycles. The Balaban J connectivity index is 1.56. The molecule has 1 fully saturated rings. The van der Waals surface area contributed by atoms with Crippen LogP contribution >= 0.6 is 0 Å². The molecule has 1 saturated heterocycles. The van der Waals surface area contributed by atoms with Crippen LogP contribution in [0.4, 0.5) is 5.82 Å². The third kappa shape index (κ3) is 3.61. The Morgan fingerprint density at radius 3 is 2.56 bits per heavy atom. The SMILES string of the molecule is Cc1nc(N2CCC2)ccc1-n1c(=O)n(C)c2cnc3ccc(-c4cncc(OC(C)C)c4)cc3c21. The van der Waals surface area contributed by atoms with Crippen molar-refractivity contribution >= 4 is 27.8 Å². The van der Waals surface area contributed by atoms with Gasteiger partial charge in [-0.1, -0.05) is 6.07 Å². The van der Waals surface area contributed by atoms with Crippen LogP contribution in [0.1, 0.15) is 26.0 Å². The Labute approximate surface area is 208 Å². The second-order valence-corrected chi connectivity index (χ2v) is 9.59. The van der Waals surface area contributed by atoms with Crippen molar-refractivity contribution in [2.45, 2.75) is 33.3 Å². The van der Waals surface area contributed by atoms with Crippen molar-refractivity contribution in [1.29, 1.82) is 0 Å². The third-order valence-electron chi connectivity index (χ3n) is 6.77. The molecule has 8 nitrogen and oxygen atoms in total. The van der Waals surface area contributed by atoms with E-state index >= 15 is 0 Å². The van der Waals surface area contributed by atoms with Gasteiger partial charge in [0.15, 0.2) is 0 Å². The minimum atomic E-state index is -0.125. The van der Waals surface area contributed by atoms with Gasteiger partial charge in [0.1, 0.15) is 11.6 Å². The molecule has 6 rings (SSSR count). The van der Waals surface area contributed by atoms with Crippen molar-refractivity contribution in [3.8, 4) is 22.6 Å². The lowest BCUT2D eigenvalue weighted by atomic mass is 10.0. The van der Waals surface area contributed by atoms with Gasteiger partial charge in [-0.05, 0) is 63.1 Å². The zero-order chi connectivity index (χ0) is 25.0. The van der Waals surface area contributed by atoms with Crippen LogP contribution in [0.25, 0.3) is 38.8 Å². The average Bonchev–Trinajstić information content (AvgIpc) is 3.08. The van der Waals surface area contributed by atoms with Crippen LogP contribution in [0.2, 0.25) is 0 Å². The first kappa shape index (κ1) is 22.3. The van der Waals surface area contributed by atoms with Crippen molar-refractivity contribution in [1.82, 2.24) is 24.1 Å². The van der Waals surface area contributed by atoms with Crippen LogP contribution in [0.15, 0.2) is 59.8 Å². The number of aryl methyl sites for hydroxylation is 2. The molecule has 0 bridgehead atoms. The van der Waals surface area contributed by atoms with Crippen molar-refractivity contribution in [2.75, 3.05) is 18.0 Å². The monoisotopic (exact) mass is 480 g/mol. The molecular weight excluding hydrogens is 452 g/mol. The quantitative estimate of drug-likeness (QED) is 0.365. The lowest BCUT2D eigenvalue weighted by Gasteiger charge is -2.32. The Bertz CT molecular complexity index is 1680. The van der Waals surface area contributed by atoms with Gasteiger partial charge in [0, 0.05) is 37.3 Å². The molecule has 5 aromatic rings. The molecule has 4 aromatic heterocycles. The predicted molar refractivity (Wildman–Crippen MR) is 142 cm³/mol. The summed E-state index contributed by atoms with van der Waals surface area (Å²) in [4.78, 5) is 29.6. The number of rotatable bonds is 5. The van der Waals surface area contributed by atoms with Gasteiger partial charge in [0.2, 0.25) is 0 Å². The molecular formula is C28H28N6O2. The minimum Gasteiger partial charge on any atom is -0.489 e. The maximum absolute atomic E-state index is 13.5. The molecule has 0 saturated carbocycles. The van der Waals surface area contributed by atoms with Gasteiger partial charge in [-0.3, -0.25) is 19.1 Å². The predicted octanol–water partition coefficient (Wildman–Crippen LogP) is 4.64. The van der Waals surface area contributed by atoms with E-state index in [4.69, 9.17) is 9.72 Å². The molecule has 1 aliphatic heterocycles. The fourth-order valence-electron chi connectivity index (χ4n) is 4.81. The standard InChI is InChI=1S/C28H28N6O2/c1-17(2)36-21-12-20(14-29-15-21)19-6-7-23-22(13-19)27-25(16-30-23)32(4)28(35)34(27)24-8-9-26(31-18(24)3)33-10-5-11-33/h6-9,12-17H,5,10-11H2,1-4H3. The summed E-state index contributed by atoms with van der Waals surface area (Å²) < 4.78 is 9.26. The van der Waals surface area contributed by atoms with Crippen LogP contribution in [0.3, 0.4) is 0 Å². The van der Waals surface area contributed by atoms with E-state index in [1.807, 2.05) is 57.3 Å². The molecule has 1 aromatic carbocycles. The largest absolute Gasteiger partial charge is 0.489 e. The summed E-state index contributed by atoms with van der Waals surface area (Å²) in [5.41, 5.74) is 5.79. The molecule has 0 atom stereocenters. The zero-order valence-corrected chi connectivity index (χ0v) is 20.9. The normalized spacial score (nSPS) is 13.5. The van der Waals surface area contributed by atoms with Crippen LogP contribution < -0.4 is 15.3 Å². The van der Waals surface area contributed by atoms with E-state index in [0.717, 1.165) is 69.1 Å². The van der Waals surface area contributed by atoms with Gasteiger partial charge in [-0.15, -0.1) is 0 Å². The Hall–Kier alpha value is -4.20. The number of ether oxygens (including phenoxy) is 1. The summed E-state index contributed by atoms with van der Waals surface area (Å²) in [5.74, 6) is 1.68. The lowest BCUT2D eigenvalue weighted by molar-refractivity contribution is 0.241. The average molecular weight is 481 g/mol. The number of hydrogen-bond donors (Lipinski definition) is 0. The summed E-state index contributed by atoms with van der Waals surface area (Å²) in [6.07, 6.45) is 6.56. The maximum Gasteiger partial charge on any atom is 0.333 e. The van der Waals surface area contributed by atoms with Gasteiger partial charge in [0.25, 0.3) is 0 Å². The molecule has 36 heavy (non-hydrogen) atoms. The Morgan fingerprint density at radius 1 is 1.00 bits per heavy atom. The summed E-state index contributed by atoms with van der Waals surface area (Å²) in [6, 6.07) is 12.1. The van der Waals surface area contributed by atoms with Crippen molar-refractivity contribution < 1.29 is 4.74 Å². The number of pyridine rings is 3. The van der Waals surface area contributed by atoms with E-state index in [0.29, 0.717) is 0 Å². The molecule has 0 N–H and O–H groups in total. The molecule has 8 heteroatoms. The Morgan fingerprint density at radius 2 is 1.83 bits per heavy atom. The number of nitrogens with zero attached hydrogens (tertiary/aromatic N) is 6. The number of imidazole rings is 1. The molecule has 0 amide bonds. The van der Waals surface area contributed by atoms with E-state index in [1.54, 1.807) is 28.6 Å². The van der Waals surface area contributed by atoms with Crippen LogP contribution in [0.5, 0.6) is 5.75 Å². The number of hydrogen-bond acceptors (Lipinski definition) is 6. The first-order valence-electron chi connectivity index (χ1n) is 12.3. The van der Waals surface area contributed by atoms with E-state index in [1.165, 1.54) is 6.42 Å². The lowest BCUT2D eigenvalue weighted by Crippen LogP contribution is -2.37. The highest BCUT2D eigenvalue weighted by Crippen LogP contribution is 2.31. The second-order valence-electron chi connectivity index (χ2n) is 9.59. The van der Waals surface area contributed by atoms with E-state index in [2.05, 4.69) is 20.9 Å². The van der Waals surface area contributed by atoms with Gasteiger partial charge < -0.3 is 9.64 Å². The smallest absolute Gasteiger partial charge is 0.333 e. The second kappa shape index (κ2) is 8.48. The first-order chi connectivity index (χ1) is 17.4. The number of aromatic nitrogens is 5. The van der Waals surface area contributed by atoms with Crippen LogP contribution in [-0.4, -0.2) is 43.3 Å². The van der Waals surface area contributed by atoms with Crippen molar-refractivity contribution in [3.05, 3.63) is 71.2 Å². The minimum absolute atomic E-state index is 0.0607. The highest BCUT2D eigenvalue weighted by atomic mass is 16.5. The van der Waals surface area contributed by atoms with Crippen LogP contribution in [-0.2, 0) is 7.05 Å². The molecule has 0 spiro atoms. The summed E-state index contributed by atoms with van der Waals surface area (Å²) >= 11 is 0. The van der Waals surface area contributed by atoms with Crippen molar-refractivity contribution in [2.24, 2.45) is 7.05 Å². The summed E-state index contributed by atoms with van der Waals surface area (Å²) in [7, 11) is 1.78. The maximum atomic E-state index is 13.5. The fraction of sp³-hybridized carbons (Fsp3) is 0.286. The number of benzene rings is 1. The van der Waals surface area contributed by atoms with E-state index in [9.17, 15) is 4.79 Å². The fourth-order valence-corrected chi connectivity index (χ4v) is 4.81. The van der Waals surface area contributed by atoms with E-state index in [-0.39, 0.29) is 11.8 Å². The highest BCUT2D eigenvalue weighted by molar-refractivity contribution is 6.04. The van der Waals surface area contributed by atoms with Gasteiger partial charge in [0.05, 0.1) is 46.4 Å². The first-order valence-corrected chi connectivity index (χ1v) is 12.3. The topological polar surface area (TPSA) is 78.1 Å². The molecule has 0 aliphatic carbocycles. The van der Waals surface area contributed by atoms with Crippen LogP contribution in [0, 0.1) is 6.92 Å². The van der Waals surface area contributed by atoms with E-state index < -0.39 is 0 Å². The van der Waals surface area contributed by atoms with Crippen molar-refractivity contribution in [3.63, 3.8) is 0 Å². The third-order valence-corrected chi connectivity index (χ3v) is 6.77. The molecule has 1 aliphatic rings. The van der Waals surface area contributed by atoms with Gasteiger partial charge in [-0.25, -0.2) is 9.78 Å². The zero-order valence-electron chi connectivity index (χ0n) is 20.9. The Kier molecular flexibility index (Phi) is 5.25. The molecule has 0 unspecified atom stereocenters. The van der Waals surface area contributed by atoms with Gasteiger partial charge >= 0.3 is 5.69 Å².